The Morgan fingerprint density at radius 1 is 1.18 bits per heavy atom. The number of carbonyl (C=O) groups excluding carboxylic acids is 3. The lowest BCUT2D eigenvalue weighted by atomic mass is 10.1. The summed E-state index contributed by atoms with van der Waals surface area (Å²) < 4.78 is 0.270. The molecule has 2 amide bonds. The van der Waals surface area contributed by atoms with Crippen molar-refractivity contribution in [1.29, 1.82) is 0 Å². The van der Waals surface area contributed by atoms with Crippen LogP contribution in [0.2, 0.25) is 0 Å². The fraction of sp³-hybridized carbons (Fsp3) is 0.100. The van der Waals surface area contributed by atoms with E-state index >= 15 is 0 Å². The Balaban J connectivity index is 1.71. The van der Waals surface area contributed by atoms with E-state index in [1.54, 1.807) is 12.1 Å². The molecule has 1 heterocycles. The molecule has 1 N–H and O–H groups in total. The van der Waals surface area contributed by atoms with Crippen molar-refractivity contribution in [3.63, 3.8) is 0 Å². The van der Waals surface area contributed by atoms with E-state index in [-0.39, 0.29) is 28.0 Å². The van der Waals surface area contributed by atoms with Crippen LogP contribution in [0.5, 0.6) is 0 Å². The van der Waals surface area contributed by atoms with Crippen molar-refractivity contribution in [2.45, 2.75) is 6.92 Å². The predicted octanol–water partition coefficient (Wildman–Crippen LogP) is 2.20. The highest BCUT2D eigenvalue weighted by Crippen LogP contribution is 2.32. The van der Waals surface area contributed by atoms with Crippen LogP contribution in [0.3, 0.4) is 0 Å². The van der Waals surface area contributed by atoms with Crippen LogP contribution < -0.4 is 10.4 Å². The van der Waals surface area contributed by atoms with Gasteiger partial charge in [0.15, 0.2) is 0 Å². The summed E-state index contributed by atoms with van der Waals surface area (Å²) in [5, 5.41) is 13.6. The first-order valence-corrected chi connectivity index (χ1v) is 9.50. The second-order valence-electron chi connectivity index (χ2n) is 6.06. The largest absolute Gasteiger partial charge is 0.545 e. The van der Waals surface area contributed by atoms with Gasteiger partial charge in [-0.1, -0.05) is 72.0 Å². The molecular formula is C20H15N2O4S2-. The Hall–Kier alpha value is -2.97. The highest BCUT2D eigenvalue weighted by molar-refractivity contribution is 8.26. The van der Waals surface area contributed by atoms with Gasteiger partial charge in [0.25, 0.3) is 5.91 Å². The second kappa shape index (κ2) is 8.37. The number of hydrogen-bond acceptors (Lipinski definition) is 6. The van der Waals surface area contributed by atoms with Gasteiger partial charge in [0.1, 0.15) is 10.9 Å². The lowest BCUT2D eigenvalue weighted by Gasteiger charge is -2.16. The molecule has 1 saturated heterocycles. The summed E-state index contributed by atoms with van der Waals surface area (Å²) >= 11 is 6.35. The van der Waals surface area contributed by atoms with Gasteiger partial charge in [-0.3, -0.25) is 14.5 Å². The molecule has 28 heavy (non-hydrogen) atoms. The molecule has 2 aromatic rings. The molecule has 6 nitrogen and oxygen atoms in total. The fourth-order valence-electron chi connectivity index (χ4n) is 2.55. The maximum absolute atomic E-state index is 12.6. The van der Waals surface area contributed by atoms with E-state index in [1.165, 1.54) is 23.1 Å². The number of hydrogen-bond donors (Lipinski definition) is 1. The van der Waals surface area contributed by atoms with Gasteiger partial charge in [0.2, 0.25) is 5.91 Å². The van der Waals surface area contributed by atoms with Crippen molar-refractivity contribution in [1.82, 2.24) is 4.90 Å². The first-order chi connectivity index (χ1) is 13.3. The Morgan fingerprint density at radius 3 is 2.54 bits per heavy atom. The number of rotatable bonds is 5. The van der Waals surface area contributed by atoms with Crippen molar-refractivity contribution < 1.29 is 19.5 Å². The number of aryl methyl sites for hydroxylation is 1. The molecule has 0 aliphatic carbocycles. The number of thiocarbonyl (C=S) groups is 1. The Bertz CT molecular complexity index is 1000. The summed E-state index contributed by atoms with van der Waals surface area (Å²) in [6.07, 6.45) is 1.72. The van der Waals surface area contributed by atoms with E-state index in [2.05, 4.69) is 5.32 Å². The van der Waals surface area contributed by atoms with Crippen molar-refractivity contribution >= 4 is 57.8 Å². The number of thioether (sulfide) groups is 1. The van der Waals surface area contributed by atoms with Gasteiger partial charge in [0.05, 0.1) is 10.9 Å². The number of nitrogens with one attached hydrogen (secondary N) is 1. The molecule has 0 bridgehead atoms. The number of anilines is 1. The Labute approximate surface area is 171 Å². The lowest BCUT2D eigenvalue weighted by molar-refractivity contribution is -0.254. The third-order valence-electron chi connectivity index (χ3n) is 3.97. The van der Waals surface area contributed by atoms with Crippen LogP contribution >= 0.6 is 24.0 Å². The first-order valence-electron chi connectivity index (χ1n) is 8.27. The molecule has 0 aromatic heterocycles. The maximum Gasteiger partial charge on any atom is 0.266 e. The third-order valence-corrected chi connectivity index (χ3v) is 5.35. The minimum absolute atomic E-state index is 0.105. The van der Waals surface area contributed by atoms with Gasteiger partial charge in [0, 0.05) is 11.3 Å². The predicted molar refractivity (Wildman–Crippen MR) is 110 cm³/mol. The number of benzene rings is 2. The molecule has 1 aliphatic heterocycles. The monoisotopic (exact) mass is 411 g/mol. The molecule has 1 aliphatic rings. The Morgan fingerprint density at radius 2 is 1.86 bits per heavy atom. The number of carbonyl (C=O) groups is 3. The Kier molecular flexibility index (Phi) is 5.91. The summed E-state index contributed by atoms with van der Waals surface area (Å²) in [6.45, 7) is 1.66. The van der Waals surface area contributed by atoms with Crippen molar-refractivity contribution in [2.75, 3.05) is 11.9 Å². The van der Waals surface area contributed by atoms with Gasteiger partial charge in [-0.2, -0.15) is 0 Å². The quantitative estimate of drug-likeness (QED) is 0.599. The van der Waals surface area contributed by atoms with Gasteiger partial charge < -0.3 is 15.2 Å². The molecule has 0 atom stereocenters. The zero-order valence-electron chi connectivity index (χ0n) is 14.8. The highest BCUT2D eigenvalue weighted by Gasteiger charge is 2.33. The molecule has 1 fully saturated rings. The van der Waals surface area contributed by atoms with Gasteiger partial charge in [-0.25, -0.2) is 0 Å². The standard InChI is InChI=1S/C20H16N2O4S2/c1-12-6-8-13(9-7-12)10-16-18(24)22(20(27)28-16)11-17(23)21-15-5-3-2-4-14(15)19(25)26/h2-10H,11H2,1H3,(H,21,23)(H,25,26)/p-1/b16-10-. The molecule has 0 spiro atoms. The molecule has 8 heteroatoms. The first kappa shape index (κ1) is 19.8. The normalized spacial score (nSPS) is 15.2. The molecule has 0 unspecified atom stereocenters. The molecule has 0 radical (unpaired) electrons. The molecule has 142 valence electrons. The zero-order valence-corrected chi connectivity index (χ0v) is 16.4. The van der Waals surface area contributed by atoms with Crippen LogP contribution in [0, 0.1) is 6.92 Å². The van der Waals surface area contributed by atoms with E-state index < -0.39 is 11.9 Å². The molecular weight excluding hydrogens is 396 g/mol. The van der Waals surface area contributed by atoms with Gasteiger partial charge in [-0.15, -0.1) is 0 Å². The molecule has 2 aromatic carbocycles. The summed E-state index contributed by atoms with van der Waals surface area (Å²) in [5.41, 5.74) is 1.94. The third kappa shape index (κ3) is 4.47. The second-order valence-corrected chi connectivity index (χ2v) is 7.74. The topological polar surface area (TPSA) is 89.5 Å². The summed E-state index contributed by atoms with van der Waals surface area (Å²) in [5.74, 6) is -2.32. The van der Waals surface area contributed by atoms with E-state index in [4.69, 9.17) is 12.2 Å². The van der Waals surface area contributed by atoms with E-state index in [9.17, 15) is 19.5 Å². The zero-order chi connectivity index (χ0) is 20.3. The van der Waals surface area contributed by atoms with Gasteiger partial charge in [-0.05, 0) is 24.6 Å². The summed E-state index contributed by atoms with van der Waals surface area (Å²) in [7, 11) is 0. The SMILES string of the molecule is Cc1ccc(/C=C2\SC(=S)N(CC(=O)Nc3ccccc3C(=O)[O-])C2=O)cc1. The average Bonchev–Trinajstić information content (AvgIpc) is 2.91. The van der Waals surface area contributed by atoms with Crippen molar-refractivity contribution in [3.05, 3.63) is 70.1 Å². The number of aromatic carboxylic acids is 1. The van der Waals surface area contributed by atoms with E-state index in [1.807, 2.05) is 31.2 Å². The van der Waals surface area contributed by atoms with Crippen molar-refractivity contribution in [2.24, 2.45) is 0 Å². The minimum atomic E-state index is -1.40. The van der Waals surface area contributed by atoms with Crippen LogP contribution in [0.1, 0.15) is 21.5 Å². The van der Waals surface area contributed by atoms with Crippen LogP contribution in [-0.4, -0.2) is 33.5 Å². The van der Waals surface area contributed by atoms with Crippen LogP contribution in [0.4, 0.5) is 5.69 Å². The summed E-state index contributed by atoms with van der Waals surface area (Å²) in [4.78, 5) is 37.7. The van der Waals surface area contributed by atoms with E-state index in [0.29, 0.717) is 4.91 Å². The van der Waals surface area contributed by atoms with Crippen molar-refractivity contribution in [3.8, 4) is 0 Å². The van der Waals surface area contributed by atoms with Crippen LogP contribution in [0.15, 0.2) is 53.4 Å². The molecule has 3 rings (SSSR count). The number of carboxylic acid groups (broad SMARTS) is 1. The maximum atomic E-state index is 12.6. The minimum Gasteiger partial charge on any atom is -0.545 e. The van der Waals surface area contributed by atoms with Gasteiger partial charge >= 0.3 is 0 Å². The highest BCUT2D eigenvalue weighted by atomic mass is 32.2. The number of carboxylic acids is 1. The molecule has 0 saturated carbocycles. The van der Waals surface area contributed by atoms with Crippen LogP contribution in [-0.2, 0) is 9.59 Å². The van der Waals surface area contributed by atoms with E-state index in [0.717, 1.165) is 22.9 Å². The average molecular weight is 411 g/mol. The summed E-state index contributed by atoms with van der Waals surface area (Å²) in [6, 6.07) is 13.6. The smallest absolute Gasteiger partial charge is 0.266 e. The number of amides is 2. The number of para-hydroxylation sites is 1. The lowest BCUT2D eigenvalue weighted by Crippen LogP contribution is -2.36. The van der Waals surface area contributed by atoms with Crippen LogP contribution in [0.25, 0.3) is 6.08 Å². The fourth-order valence-corrected chi connectivity index (χ4v) is 3.81. The number of nitrogens with zero attached hydrogens (tertiary/aromatic N) is 1.